The van der Waals surface area contributed by atoms with E-state index in [0.29, 0.717) is 36.8 Å². The number of imidazole rings is 1. The van der Waals surface area contributed by atoms with Crippen LogP contribution in [0, 0.1) is 0 Å². The van der Waals surface area contributed by atoms with E-state index >= 15 is 0 Å². The normalized spacial score (nSPS) is 14.1. The van der Waals surface area contributed by atoms with E-state index in [1.54, 1.807) is 41.0 Å². The number of alkyl halides is 3. The van der Waals surface area contributed by atoms with E-state index in [2.05, 4.69) is 4.98 Å². The van der Waals surface area contributed by atoms with Crippen LogP contribution in [0.4, 0.5) is 13.2 Å². The Kier molecular flexibility index (Phi) is 4.77. The van der Waals surface area contributed by atoms with Crippen LogP contribution in [-0.2, 0) is 19.8 Å². The highest BCUT2D eigenvalue weighted by molar-refractivity contribution is 5.91. The average molecular weight is 401 g/mol. The molecule has 3 aromatic rings. The SMILES string of the molecule is Cn1ccnc1C(=O)N1CCOc2ccc(-c3ccc(C(F)(F)F)cc3)cc2C1. The van der Waals surface area contributed by atoms with Crippen molar-refractivity contribution in [1.29, 1.82) is 0 Å². The molecule has 2 heterocycles. The molecule has 0 radical (unpaired) electrons. The number of aromatic nitrogens is 2. The number of hydrogen-bond acceptors (Lipinski definition) is 3. The Labute approximate surface area is 165 Å². The molecule has 0 aliphatic carbocycles. The predicted octanol–water partition coefficient (Wildman–Crippen LogP) is 4.14. The first kappa shape index (κ1) is 19.0. The standard InChI is InChI=1S/C21H18F3N3O2/c1-26-9-8-25-19(26)20(28)27-10-11-29-18-7-4-15(12-16(18)13-27)14-2-5-17(6-3-14)21(22,23)24/h2-9,12H,10-11,13H2,1H3. The lowest BCUT2D eigenvalue weighted by Crippen LogP contribution is -2.34. The van der Waals surface area contributed by atoms with Crippen molar-refractivity contribution in [3.63, 3.8) is 0 Å². The Bertz CT molecular complexity index is 1040. The molecule has 0 N–H and O–H groups in total. The van der Waals surface area contributed by atoms with Crippen LogP contribution in [-0.4, -0.2) is 33.5 Å². The Morgan fingerprint density at radius 3 is 2.48 bits per heavy atom. The summed E-state index contributed by atoms with van der Waals surface area (Å²) in [5.74, 6) is 0.803. The third kappa shape index (κ3) is 3.83. The summed E-state index contributed by atoms with van der Waals surface area (Å²) >= 11 is 0. The van der Waals surface area contributed by atoms with Gasteiger partial charge in [-0.05, 0) is 35.4 Å². The van der Waals surface area contributed by atoms with Gasteiger partial charge in [0.25, 0.3) is 5.91 Å². The van der Waals surface area contributed by atoms with Gasteiger partial charge >= 0.3 is 6.18 Å². The quantitative estimate of drug-likeness (QED) is 0.649. The molecule has 5 nitrogen and oxygen atoms in total. The molecule has 0 saturated heterocycles. The number of nitrogens with zero attached hydrogens (tertiary/aromatic N) is 3. The van der Waals surface area contributed by atoms with Crippen molar-refractivity contribution in [1.82, 2.24) is 14.5 Å². The molecule has 0 atom stereocenters. The average Bonchev–Trinajstić information content (AvgIpc) is 3.01. The van der Waals surface area contributed by atoms with Gasteiger partial charge in [-0.3, -0.25) is 4.79 Å². The fourth-order valence-corrected chi connectivity index (χ4v) is 3.31. The number of halogens is 3. The van der Waals surface area contributed by atoms with Crippen LogP contribution < -0.4 is 4.74 Å². The summed E-state index contributed by atoms with van der Waals surface area (Å²) in [7, 11) is 1.76. The smallest absolute Gasteiger partial charge is 0.416 e. The molecule has 0 bridgehead atoms. The highest BCUT2D eigenvalue weighted by Gasteiger charge is 2.30. The molecule has 8 heteroatoms. The van der Waals surface area contributed by atoms with E-state index in [-0.39, 0.29) is 5.91 Å². The monoisotopic (exact) mass is 401 g/mol. The van der Waals surface area contributed by atoms with Gasteiger partial charge in [-0.1, -0.05) is 18.2 Å². The largest absolute Gasteiger partial charge is 0.491 e. The highest BCUT2D eigenvalue weighted by atomic mass is 19.4. The maximum atomic E-state index is 12.8. The molecule has 0 saturated carbocycles. The van der Waals surface area contributed by atoms with Gasteiger partial charge in [-0.25, -0.2) is 4.98 Å². The number of fused-ring (bicyclic) bond motifs is 1. The molecule has 29 heavy (non-hydrogen) atoms. The molecule has 150 valence electrons. The van der Waals surface area contributed by atoms with Crippen molar-refractivity contribution >= 4 is 5.91 Å². The molecular weight excluding hydrogens is 383 g/mol. The molecule has 4 rings (SSSR count). The van der Waals surface area contributed by atoms with Crippen LogP contribution in [0.2, 0.25) is 0 Å². The lowest BCUT2D eigenvalue weighted by atomic mass is 10.0. The zero-order valence-corrected chi connectivity index (χ0v) is 15.6. The van der Waals surface area contributed by atoms with Crippen molar-refractivity contribution in [3.8, 4) is 16.9 Å². The molecular formula is C21H18F3N3O2. The first-order chi connectivity index (χ1) is 13.8. The summed E-state index contributed by atoms with van der Waals surface area (Å²) in [6.07, 6.45) is -1.09. The number of rotatable bonds is 2. The minimum Gasteiger partial charge on any atom is -0.491 e. The summed E-state index contributed by atoms with van der Waals surface area (Å²) in [6.45, 7) is 1.09. The van der Waals surface area contributed by atoms with E-state index < -0.39 is 11.7 Å². The second kappa shape index (κ2) is 7.27. The van der Waals surface area contributed by atoms with Crippen molar-refractivity contribution in [2.45, 2.75) is 12.7 Å². The zero-order valence-electron chi connectivity index (χ0n) is 15.6. The summed E-state index contributed by atoms with van der Waals surface area (Å²) in [5.41, 5.74) is 1.52. The van der Waals surface area contributed by atoms with Gasteiger partial charge in [-0.2, -0.15) is 13.2 Å². The molecule has 1 aromatic heterocycles. The lowest BCUT2D eigenvalue weighted by molar-refractivity contribution is -0.137. The van der Waals surface area contributed by atoms with Gasteiger partial charge in [0, 0.05) is 31.5 Å². The topological polar surface area (TPSA) is 47.4 Å². The van der Waals surface area contributed by atoms with Crippen molar-refractivity contribution in [3.05, 3.63) is 71.8 Å². The molecule has 1 aliphatic rings. The van der Waals surface area contributed by atoms with E-state index in [0.717, 1.165) is 23.3 Å². The van der Waals surface area contributed by atoms with Crippen LogP contribution in [0.5, 0.6) is 5.75 Å². The number of ether oxygens (including phenoxy) is 1. The third-order valence-corrected chi connectivity index (χ3v) is 4.89. The van der Waals surface area contributed by atoms with Gasteiger partial charge in [0.2, 0.25) is 0 Å². The molecule has 1 aliphatic heterocycles. The van der Waals surface area contributed by atoms with Gasteiger partial charge in [0.15, 0.2) is 5.82 Å². The van der Waals surface area contributed by atoms with Crippen LogP contribution in [0.3, 0.4) is 0 Å². The number of carbonyl (C=O) groups is 1. The number of benzene rings is 2. The molecule has 2 aromatic carbocycles. The zero-order chi connectivity index (χ0) is 20.6. The van der Waals surface area contributed by atoms with E-state index in [1.165, 1.54) is 12.1 Å². The fourth-order valence-electron chi connectivity index (χ4n) is 3.31. The van der Waals surface area contributed by atoms with Crippen LogP contribution in [0.15, 0.2) is 54.9 Å². The second-order valence-corrected chi connectivity index (χ2v) is 6.83. The van der Waals surface area contributed by atoms with E-state index in [9.17, 15) is 18.0 Å². The summed E-state index contributed by atoms with van der Waals surface area (Å²) in [6, 6.07) is 10.5. The second-order valence-electron chi connectivity index (χ2n) is 6.83. The van der Waals surface area contributed by atoms with Crippen LogP contribution in [0.1, 0.15) is 21.7 Å². The van der Waals surface area contributed by atoms with Gasteiger partial charge < -0.3 is 14.2 Å². The Hall–Kier alpha value is -3.29. The predicted molar refractivity (Wildman–Crippen MR) is 100 cm³/mol. The van der Waals surface area contributed by atoms with Crippen LogP contribution >= 0.6 is 0 Å². The Morgan fingerprint density at radius 2 is 1.83 bits per heavy atom. The number of aryl methyl sites for hydroxylation is 1. The maximum Gasteiger partial charge on any atom is 0.416 e. The molecule has 0 unspecified atom stereocenters. The number of amides is 1. The fraction of sp³-hybridized carbons (Fsp3) is 0.238. The Morgan fingerprint density at radius 1 is 1.10 bits per heavy atom. The van der Waals surface area contributed by atoms with Crippen molar-refractivity contribution < 1.29 is 22.7 Å². The maximum absolute atomic E-state index is 12.8. The van der Waals surface area contributed by atoms with Gasteiger partial charge in [-0.15, -0.1) is 0 Å². The van der Waals surface area contributed by atoms with E-state index in [4.69, 9.17) is 4.74 Å². The van der Waals surface area contributed by atoms with Gasteiger partial charge in [0.1, 0.15) is 12.4 Å². The highest BCUT2D eigenvalue weighted by Crippen LogP contribution is 2.33. The molecule has 1 amide bonds. The summed E-state index contributed by atoms with van der Waals surface area (Å²) in [4.78, 5) is 18.6. The molecule has 0 spiro atoms. The van der Waals surface area contributed by atoms with Crippen molar-refractivity contribution in [2.24, 2.45) is 7.05 Å². The first-order valence-corrected chi connectivity index (χ1v) is 9.03. The van der Waals surface area contributed by atoms with Crippen molar-refractivity contribution in [2.75, 3.05) is 13.2 Å². The first-order valence-electron chi connectivity index (χ1n) is 9.03. The number of hydrogen-bond donors (Lipinski definition) is 0. The summed E-state index contributed by atoms with van der Waals surface area (Å²) < 4.78 is 45.8. The summed E-state index contributed by atoms with van der Waals surface area (Å²) in [5, 5.41) is 0. The number of carbonyl (C=O) groups excluding carboxylic acids is 1. The lowest BCUT2D eigenvalue weighted by Gasteiger charge is -2.19. The van der Waals surface area contributed by atoms with Gasteiger partial charge in [0.05, 0.1) is 12.1 Å². The van der Waals surface area contributed by atoms with E-state index in [1.807, 2.05) is 6.07 Å². The third-order valence-electron chi connectivity index (χ3n) is 4.89. The Balaban J connectivity index is 1.62. The minimum absolute atomic E-state index is 0.200. The molecule has 0 fully saturated rings. The minimum atomic E-state index is -4.37. The van der Waals surface area contributed by atoms with Crippen LogP contribution in [0.25, 0.3) is 11.1 Å².